The predicted molar refractivity (Wildman–Crippen MR) is 234 cm³/mol. The molecule has 15 heteroatoms. The summed E-state index contributed by atoms with van der Waals surface area (Å²) in [5.74, 6) is -0.942. The summed E-state index contributed by atoms with van der Waals surface area (Å²) in [4.78, 5) is 25.2. The number of hydrogen-bond donors (Lipinski definition) is 7. The van der Waals surface area contributed by atoms with Crippen LogP contribution in [0.3, 0.4) is 0 Å². The van der Waals surface area contributed by atoms with Gasteiger partial charge < -0.3 is 64.2 Å². The number of carbonyl (C=O) groups excluding carboxylic acids is 2. The summed E-state index contributed by atoms with van der Waals surface area (Å²) in [5.41, 5.74) is 0. The molecule has 15 nitrogen and oxygen atoms in total. The summed E-state index contributed by atoms with van der Waals surface area (Å²) in [7, 11) is 0. The van der Waals surface area contributed by atoms with Crippen molar-refractivity contribution in [2.75, 3.05) is 26.4 Å². The zero-order chi connectivity index (χ0) is 45.4. The molecule has 2 aliphatic rings. The number of carbonyl (C=O) groups is 2. The van der Waals surface area contributed by atoms with E-state index in [-0.39, 0.29) is 26.1 Å². The molecule has 0 bridgehead atoms. The van der Waals surface area contributed by atoms with Crippen LogP contribution in [0.4, 0.5) is 0 Å². The van der Waals surface area contributed by atoms with Crippen molar-refractivity contribution < 1.29 is 73.8 Å². The number of rotatable bonds is 38. The van der Waals surface area contributed by atoms with Crippen LogP contribution in [0.15, 0.2) is 0 Å². The predicted octanol–water partition coefficient (Wildman–Crippen LogP) is 6.04. The van der Waals surface area contributed by atoms with Gasteiger partial charge in [-0.3, -0.25) is 9.59 Å². The quantitative estimate of drug-likeness (QED) is 0.0277. The van der Waals surface area contributed by atoms with Gasteiger partial charge in [-0.05, 0) is 12.8 Å². The largest absolute Gasteiger partial charge is 0.462 e. The van der Waals surface area contributed by atoms with Gasteiger partial charge in [0.1, 0.15) is 55.4 Å². The first-order chi connectivity index (χ1) is 30.0. The molecule has 62 heavy (non-hydrogen) atoms. The molecule has 2 aliphatic heterocycles. The van der Waals surface area contributed by atoms with Crippen LogP contribution in [0.5, 0.6) is 0 Å². The number of aliphatic hydroxyl groups is 7. The van der Waals surface area contributed by atoms with E-state index >= 15 is 0 Å². The lowest BCUT2D eigenvalue weighted by atomic mass is 9.98. The van der Waals surface area contributed by atoms with Gasteiger partial charge in [0.2, 0.25) is 0 Å². The average Bonchev–Trinajstić information content (AvgIpc) is 3.26. The first-order valence-corrected chi connectivity index (χ1v) is 24.6. The van der Waals surface area contributed by atoms with Crippen molar-refractivity contribution in [1.29, 1.82) is 0 Å². The Hall–Kier alpha value is -1.50. The highest BCUT2D eigenvalue weighted by molar-refractivity contribution is 5.70. The van der Waals surface area contributed by atoms with Gasteiger partial charge in [-0.15, -0.1) is 0 Å². The smallest absolute Gasteiger partial charge is 0.306 e. The van der Waals surface area contributed by atoms with Gasteiger partial charge >= 0.3 is 11.9 Å². The molecule has 0 aromatic carbocycles. The molecule has 2 fully saturated rings. The van der Waals surface area contributed by atoms with Crippen LogP contribution in [0.1, 0.15) is 194 Å². The van der Waals surface area contributed by atoms with Crippen molar-refractivity contribution in [3.8, 4) is 0 Å². The highest BCUT2D eigenvalue weighted by Crippen LogP contribution is 2.26. The second-order valence-electron chi connectivity index (χ2n) is 17.7. The van der Waals surface area contributed by atoms with Crippen LogP contribution >= 0.6 is 0 Å². The van der Waals surface area contributed by atoms with E-state index in [0.717, 1.165) is 32.1 Å². The summed E-state index contributed by atoms with van der Waals surface area (Å²) in [5, 5.41) is 71.6. The minimum Gasteiger partial charge on any atom is -0.462 e. The van der Waals surface area contributed by atoms with Crippen molar-refractivity contribution in [3.63, 3.8) is 0 Å². The Morgan fingerprint density at radius 3 is 1.29 bits per heavy atom. The Kier molecular flexibility index (Phi) is 32.6. The topological polar surface area (TPSA) is 231 Å². The first-order valence-electron chi connectivity index (χ1n) is 24.6. The van der Waals surface area contributed by atoms with E-state index in [1.165, 1.54) is 122 Å². The number of hydrogen-bond acceptors (Lipinski definition) is 15. The summed E-state index contributed by atoms with van der Waals surface area (Å²) in [6.45, 7) is 2.42. The molecular formula is C47H88O15. The second-order valence-corrected chi connectivity index (χ2v) is 17.7. The van der Waals surface area contributed by atoms with E-state index in [1.807, 2.05) is 6.92 Å². The Morgan fingerprint density at radius 2 is 0.823 bits per heavy atom. The minimum atomic E-state index is -1.76. The molecule has 0 radical (unpaired) electrons. The summed E-state index contributed by atoms with van der Waals surface area (Å²) < 4.78 is 33.2. The normalized spacial score (nSPS) is 27.0. The van der Waals surface area contributed by atoms with E-state index in [0.29, 0.717) is 12.8 Å². The molecule has 2 heterocycles. The van der Waals surface area contributed by atoms with Gasteiger partial charge in [-0.25, -0.2) is 0 Å². The molecule has 0 aromatic heterocycles. The number of esters is 2. The van der Waals surface area contributed by atoms with E-state index in [4.69, 9.17) is 28.4 Å². The molecule has 11 atom stereocenters. The van der Waals surface area contributed by atoms with Crippen LogP contribution < -0.4 is 0 Å². The zero-order valence-electron chi connectivity index (χ0n) is 38.4. The van der Waals surface area contributed by atoms with Gasteiger partial charge in [0.25, 0.3) is 0 Å². The molecule has 2 saturated heterocycles. The molecule has 0 aliphatic carbocycles. The van der Waals surface area contributed by atoms with Crippen LogP contribution in [0.2, 0.25) is 0 Å². The lowest BCUT2D eigenvalue weighted by Crippen LogP contribution is -2.61. The zero-order valence-corrected chi connectivity index (χ0v) is 38.4. The highest BCUT2D eigenvalue weighted by Gasteiger charge is 2.47. The lowest BCUT2D eigenvalue weighted by molar-refractivity contribution is -0.332. The van der Waals surface area contributed by atoms with Crippen LogP contribution in [0.25, 0.3) is 0 Å². The fraction of sp³-hybridized carbons (Fsp3) is 0.957. The van der Waals surface area contributed by atoms with Crippen molar-refractivity contribution in [2.24, 2.45) is 0 Å². The molecule has 11 unspecified atom stereocenters. The Balaban J connectivity index is 1.65. The second kappa shape index (κ2) is 35.7. The van der Waals surface area contributed by atoms with Gasteiger partial charge in [0.05, 0.1) is 19.8 Å². The molecular weight excluding hydrogens is 805 g/mol. The SMILES string of the molecule is CCCCCCCCCCCCCCCCCCCCCCCCCC(=O)OC(COC(=O)CCCCC)COC1OC(COC2OC(CO)C(O)C(O)C2O)C(O)C(O)C1O. The Labute approximate surface area is 372 Å². The fourth-order valence-electron chi connectivity index (χ4n) is 7.98. The standard InChI is InChI=1S/C47H88O15/c1-3-5-7-8-9-10-11-12-13-14-15-16-17-18-19-20-21-22-23-24-25-26-28-30-39(50)60-35(32-57-38(49)29-27-6-4-2)33-58-46-45(56)43(54)41(52)37(62-46)34-59-47-44(55)42(53)40(51)36(31-48)61-47/h35-37,40-48,51-56H,3-34H2,1-2H3. The highest BCUT2D eigenvalue weighted by atomic mass is 16.7. The number of ether oxygens (including phenoxy) is 6. The number of unbranched alkanes of at least 4 members (excludes halogenated alkanes) is 24. The van der Waals surface area contributed by atoms with E-state index < -0.39 is 92.7 Å². The van der Waals surface area contributed by atoms with Crippen molar-refractivity contribution >= 4 is 11.9 Å². The lowest BCUT2D eigenvalue weighted by Gasteiger charge is -2.42. The number of aliphatic hydroxyl groups excluding tert-OH is 7. The van der Waals surface area contributed by atoms with E-state index in [2.05, 4.69) is 6.92 Å². The van der Waals surface area contributed by atoms with Crippen molar-refractivity contribution in [3.05, 3.63) is 0 Å². The van der Waals surface area contributed by atoms with E-state index in [9.17, 15) is 45.3 Å². The van der Waals surface area contributed by atoms with Gasteiger partial charge in [0.15, 0.2) is 18.7 Å². The van der Waals surface area contributed by atoms with Crippen LogP contribution in [0, 0.1) is 0 Å². The van der Waals surface area contributed by atoms with Gasteiger partial charge in [0, 0.05) is 12.8 Å². The molecule has 0 saturated carbocycles. The molecule has 0 amide bonds. The first kappa shape index (κ1) is 56.6. The summed E-state index contributed by atoms with van der Waals surface area (Å²) >= 11 is 0. The monoisotopic (exact) mass is 893 g/mol. The Bertz CT molecular complexity index is 1100. The third-order valence-corrected chi connectivity index (χ3v) is 12.1. The van der Waals surface area contributed by atoms with Crippen LogP contribution in [-0.4, -0.2) is 142 Å². The molecule has 366 valence electrons. The molecule has 7 N–H and O–H groups in total. The average molecular weight is 893 g/mol. The van der Waals surface area contributed by atoms with Crippen LogP contribution in [-0.2, 0) is 38.0 Å². The fourth-order valence-corrected chi connectivity index (χ4v) is 7.98. The van der Waals surface area contributed by atoms with Crippen molar-refractivity contribution in [2.45, 2.75) is 261 Å². The maximum absolute atomic E-state index is 12.9. The Morgan fingerprint density at radius 1 is 0.452 bits per heavy atom. The minimum absolute atomic E-state index is 0.172. The molecule has 2 rings (SSSR count). The van der Waals surface area contributed by atoms with Gasteiger partial charge in [-0.1, -0.05) is 168 Å². The molecule has 0 spiro atoms. The maximum atomic E-state index is 12.9. The third-order valence-electron chi connectivity index (χ3n) is 12.1. The summed E-state index contributed by atoms with van der Waals surface area (Å²) in [6, 6.07) is 0. The van der Waals surface area contributed by atoms with Crippen molar-refractivity contribution in [1.82, 2.24) is 0 Å². The maximum Gasteiger partial charge on any atom is 0.306 e. The molecule has 0 aromatic rings. The van der Waals surface area contributed by atoms with Gasteiger partial charge in [-0.2, -0.15) is 0 Å². The summed E-state index contributed by atoms with van der Waals surface area (Å²) in [6.07, 6.45) is 15.5. The third kappa shape index (κ3) is 24.1. The van der Waals surface area contributed by atoms with E-state index in [1.54, 1.807) is 0 Å².